The minimum atomic E-state index is -0.930. The lowest BCUT2D eigenvalue weighted by Crippen LogP contribution is -2.42. The van der Waals surface area contributed by atoms with Gasteiger partial charge in [0.15, 0.2) is 0 Å². The first kappa shape index (κ1) is 22.8. The zero-order valence-corrected chi connectivity index (χ0v) is 18.5. The van der Waals surface area contributed by atoms with E-state index in [1.165, 1.54) is 16.7 Å². The van der Waals surface area contributed by atoms with Crippen molar-refractivity contribution in [3.63, 3.8) is 0 Å². The highest BCUT2D eigenvalue weighted by molar-refractivity contribution is 6.30. The van der Waals surface area contributed by atoms with E-state index < -0.39 is 17.1 Å². The van der Waals surface area contributed by atoms with Gasteiger partial charge in [-0.15, -0.1) is 0 Å². The third kappa shape index (κ3) is 4.73. The van der Waals surface area contributed by atoms with E-state index >= 15 is 0 Å². The molecule has 6 nitrogen and oxygen atoms in total. The van der Waals surface area contributed by atoms with Gasteiger partial charge in [-0.05, 0) is 49.6 Å². The van der Waals surface area contributed by atoms with E-state index in [2.05, 4.69) is 0 Å². The number of ether oxygens (including phenoxy) is 1. The molecular weight excluding hydrogens is 423 g/mol. The van der Waals surface area contributed by atoms with Crippen LogP contribution in [-0.4, -0.2) is 14.5 Å². The summed E-state index contributed by atoms with van der Waals surface area (Å²) in [6, 6.07) is 9.93. The highest BCUT2D eigenvalue weighted by Crippen LogP contribution is 2.28. The Balaban J connectivity index is 2.12. The normalized spacial score (nSPS) is 11.3. The van der Waals surface area contributed by atoms with Gasteiger partial charge in [-0.25, -0.2) is 9.18 Å². The largest absolute Gasteiger partial charge is 0.421 e. The van der Waals surface area contributed by atoms with Gasteiger partial charge in [-0.3, -0.25) is 9.36 Å². The Morgan fingerprint density at radius 1 is 1.10 bits per heavy atom. The molecule has 0 radical (unpaired) electrons. The van der Waals surface area contributed by atoms with Crippen LogP contribution in [0.4, 0.5) is 4.39 Å². The summed E-state index contributed by atoms with van der Waals surface area (Å²) in [5.74, 6) is -0.799. The van der Waals surface area contributed by atoms with Gasteiger partial charge in [0.05, 0.1) is 12.3 Å². The fourth-order valence-electron chi connectivity index (χ4n) is 3.61. The van der Waals surface area contributed by atoms with Crippen LogP contribution in [0.2, 0.25) is 5.02 Å². The van der Waals surface area contributed by atoms with Gasteiger partial charge in [0.1, 0.15) is 12.5 Å². The first-order valence-electron chi connectivity index (χ1n) is 9.79. The molecule has 31 heavy (non-hydrogen) atoms. The molecule has 0 fully saturated rings. The summed E-state index contributed by atoms with van der Waals surface area (Å²) in [6.45, 7) is 7.04. The molecule has 1 N–H and O–H groups in total. The maximum atomic E-state index is 14.1. The molecule has 0 atom stereocenters. The SMILES string of the molecule is Cc1cc(C)cc(-c2c(C(C)C)c(=O)n(O)c(=O)n2COCc2ccc(Cl)cc2F)c1. The molecule has 164 valence electrons. The summed E-state index contributed by atoms with van der Waals surface area (Å²) >= 11 is 5.77. The second kappa shape index (κ2) is 9.08. The first-order valence-corrected chi connectivity index (χ1v) is 10.2. The van der Waals surface area contributed by atoms with Crippen molar-refractivity contribution in [2.75, 3.05) is 0 Å². The minimum Gasteiger partial charge on any atom is -0.421 e. The average Bonchev–Trinajstić information content (AvgIpc) is 2.68. The quantitative estimate of drug-likeness (QED) is 0.561. The zero-order chi connectivity index (χ0) is 22.9. The van der Waals surface area contributed by atoms with Crippen molar-refractivity contribution in [2.24, 2.45) is 0 Å². The number of rotatable bonds is 6. The Bertz CT molecular complexity index is 1230. The molecule has 3 rings (SSSR count). The zero-order valence-electron chi connectivity index (χ0n) is 17.8. The standard InChI is InChI=1S/C23H24ClFN2O4/c1-13(2)20-21(17-8-14(3)7-15(4)9-17)26(23(29)27(30)22(20)28)12-31-11-16-5-6-18(24)10-19(16)25/h5-10,13,30H,11-12H2,1-4H3. The molecule has 0 aliphatic carbocycles. The molecule has 1 aromatic heterocycles. The van der Waals surface area contributed by atoms with Crippen molar-refractivity contribution in [2.45, 2.75) is 47.0 Å². The summed E-state index contributed by atoms with van der Waals surface area (Å²) in [5.41, 5.74) is 1.81. The molecule has 1 heterocycles. The number of aromatic nitrogens is 2. The summed E-state index contributed by atoms with van der Waals surface area (Å²) in [5, 5.41) is 10.4. The van der Waals surface area contributed by atoms with Crippen molar-refractivity contribution < 1.29 is 14.3 Å². The smallest absolute Gasteiger partial charge is 0.366 e. The van der Waals surface area contributed by atoms with E-state index in [0.29, 0.717) is 11.3 Å². The molecule has 3 aromatic rings. The van der Waals surface area contributed by atoms with Crippen LogP contribution in [0.5, 0.6) is 0 Å². The summed E-state index contributed by atoms with van der Waals surface area (Å²) in [6.07, 6.45) is 0. The van der Waals surface area contributed by atoms with Crippen LogP contribution in [0.1, 0.15) is 42.0 Å². The van der Waals surface area contributed by atoms with E-state index in [-0.39, 0.29) is 40.1 Å². The van der Waals surface area contributed by atoms with Crippen molar-refractivity contribution in [1.29, 1.82) is 0 Å². The third-order valence-corrected chi connectivity index (χ3v) is 5.16. The van der Waals surface area contributed by atoms with E-state index in [0.717, 1.165) is 11.1 Å². The fourth-order valence-corrected chi connectivity index (χ4v) is 3.76. The van der Waals surface area contributed by atoms with Crippen LogP contribution in [0.15, 0.2) is 46.0 Å². The van der Waals surface area contributed by atoms with E-state index in [1.54, 1.807) is 6.07 Å². The third-order valence-electron chi connectivity index (χ3n) is 4.93. The van der Waals surface area contributed by atoms with Crippen LogP contribution in [0.3, 0.4) is 0 Å². The van der Waals surface area contributed by atoms with E-state index in [1.807, 2.05) is 45.9 Å². The van der Waals surface area contributed by atoms with Gasteiger partial charge in [-0.1, -0.05) is 53.4 Å². The lowest BCUT2D eigenvalue weighted by Gasteiger charge is -2.20. The molecule has 0 saturated heterocycles. The highest BCUT2D eigenvalue weighted by Gasteiger charge is 2.23. The Labute approximate surface area is 184 Å². The highest BCUT2D eigenvalue weighted by atomic mass is 35.5. The van der Waals surface area contributed by atoms with Gasteiger partial charge in [0, 0.05) is 16.1 Å². The number of hydrogen-bond acceptors (Lipinski definition) is 4. The summed E-state index contributed by atoms with van der Waals surface area (Å²) in [7, 11) is 0. The minimum absolute atomic E-state index is 0.0910. The monoisotopic (exact) mass is 446 g/mol. The topological polar surface area (TPSA) is 73.5 Å². The molecule has 0 aliphatic heterocycles. The van der Waals surface area contributed by atoms with Gasteiger partial charge in [0.2, 0.25) is 0 Å². The molecule has 0 spiro atoms. The van der Waals surface area contributed by atoms with Crippen molar-refractivity contribution >= 4 is 11.6 Å². The van der Waals surface area contributed by atoms with E-state index in [9.17, 15) is 19.2 Å². The molecule has 0 saturated carbocycles. The Kier molecular flexibility index (Phi) is 6.67. The van der Waals surface area contributed by atoms with Crippen molar-refractivity contribution in [3.05, 3.63) is 90.3 Å². The van der Waals surface area contributed by atoms with E-state index in [4.69, 9.17) is 16.3 Å². The fraction of sp³-hybridized carbons (Fsp3) is 0.304. The van der Waals surface area contributed by atoms with Crippen LogP contribution >= 0.6 is 11.6 Å². The average molecular weight is 447 g/mol. The second-order valence-corrected chi connectivity index (χ2v) is 8.27. The Hall–Kier alpha value is -2.90. The maximum Gasteiger partial charge on any atom is 0.366 e. The number of aryl methyl sites for hydroxylation is 2. The molecule has 0 amide bonds. The number of nitrogens with zero attached hydrogens (tertiary/aromatic N) is 2. The van der Waals surface area contributed by atoms with Crippen LogP contribution in [0, 0.1) is 19.7 Å². The Morgan fingerprint density at radius 3 is 2.32 bits per heavy atom. The number of hydrogen-bond donors (Lipinski definition) is 1. The maximum absolute atomic E-state index is 14.1. The van der Waals surface area contributed by atoms with Crippen LogP contribution < -0.4 is 11.2 Å². The lowest BCUT2D eigenvalue weighted by atomic mass is 9.96. The van der Waals surface area contributed by atoms with Gasteiger partial charge in [-0.2, -0.15) is 0 Å². The molecule has 8 heteroatoms. The summed E-state index contributed by atoms with van der Waals surface area (Å²) in [4.78, 5) is 25.5. The molecular formula is C23H24ClFN2O4. The molecule has 0 bridgehead atoms. The first-order chi connectivity index (χ1) is 14.6. The predicted octanol–water partition coefficient (Wildman–Crippen LogP) is 4.62. The number of benzene rings is 2. The second-order valence-electron chi connectivity index (χ2n) is 7.83. The van der Waals surface area contributed by atoms with Crippen LogP contribution in [-0.2, 0) is 18.1 Å². The molecule has 2 aromatic carbocycles. The lowest BCUT2D eigenvalue weighted by molar-refractivity contribution is 0.0516. The van der Waals surface area contributed by atoms with Crippen molar-refractivity contribution in [1.82, 2.24) is 9.30 Å². The molecule has 0 unspecified atom stereocenters. The number of halogens is 2. The van der Waals surface area contributed by atoms with Gasteiger partial charge in [0.25, 0.3) is 5.56 Å². The van der Waals surface area contributed by atoms with Gasteiger partial charge >= 0.3 is 5.69 Å². The Morgan fingerprint density at radius 2 is 1.74 bits per heavy atom. The summed E-state index contributed by atoms with van der Waals surface area (Å²) < 4.78 is 21.0. The van der Waals surface area contributed by atoms with Gasteiger partial charge < -0.3 is 9.94 Å². The van der Waals surface area contributed by atoms with Crippen molar-refractivity contribution in [3.8, 4) is 11.3 Å². The predicted molar refractivity (Wildman–Crippen MR) is 117 cm³/mol. The molecule has 0 aliphatic rings. The van der Waals surface area contributed by atoms with Crippen LogP contribution in [0.25, 0.3) is 11.3 Å².